The van der Waals surface area contributed by atoms with Gasteiger partial charge in [-0.1, -0.05) is 29.8 Å². The Kier molecular flexibility index (Phi) is 5.88. The lowest BCUT2D eigenvalue weighted by Crippen LogP contribution is -2.34. The summed E-state index contributed by atoms with van der Waals surface area (Å²) < 4.78 is 15.1. The summed E-state index contributed by atoms with van der Waals surface area (Å²) in [6.07, 6.45) is 3.15. The van der Waals surface area contributed by atoms with Gasteiger partial charge in [-0.3, -0.25) is 4.79 Å². The topological polar surface area (TPSA) is 50.2 Å². The first kappa shape index (κ1) is 19.1. The molecule has 0 spiro atoms. The number of carbonyl (C=O) groups is 1. The highest BCUT2D eigenvalue weighted by Crippen LogP contribution is 2.19. The smallest absolute Gasteiger partial charge is 0.254 e. The maximum absolute atomic E-state index is 13.5. The van der Waals surface area contributed by atoms with Gasteiger partial charge >= 0.3 is 0 Å². The van der Waals surface area contributed by atoms with Crippen LogP contribution < -0.4 is 5.32 Å². The number of halogens is 2. The molecule has 1 atom stereocenters. The van der Waals surface area contributed by atoms with Crippen molar-refractivity contribution in [2.24, 2.45) is 0 Å². The molecule has 0 aliphatic heterocycles. The molecule has 7 heteroatoms. The first-order valence-corrected chi connectivity index (χ1v) is 8.82. The van der Waals surface area contributed by atoms with E-state index in [0.29, 0.717) is 17.1 Å². The zero-order valence-corrected chi connectivity index (χ0v) is 15.8. The number of carbonyl (C=O) groups excluding carboxylic acids is 1. The summed E-state index contributed by atoms with van der Waals surface area (Å²) in [5.74, 6) is -0.542. The second-order valence-corrected chi connectivity index (χ2v) is 6.83. The molecular formula is C20H20ClFN4O. The molecule has 0 fully saturated rings. The van der Waals surface area contributed by atoms with Gasteiger partial charge in [0.1, 0.15) is 5.82 Å². The summed E-state index contributed by atoms with van der Waals surface area (Å²) in [5, 5.41) is 7.71. The average Bonchev–Trinajstić information content (AvgIpc) is 3.12. The lowest BCUT2D eigenvalue weighted by Gasteiger charge is -2.25. The van der Waals surface area contributed by atoms with E-state index in [1.807, 2.05) is 37.2 Å². The second-order valence-electron chi connectivity index (χ2n) is 6.40. The summed E-state index contributed by atoms with van der Waals surface area (Å²) >= 11 is 6.00. The minimum Gasteiger partial charge on any atom is -0.350 e. The van der Waals surface area contributed by atoms with Crippen LogP contribution >= 0.6 is 11.6 Å². The fourth-order valence-electron chi connectivity index (χ4n) is 2.80. The van der Waals surface area contributed by atoms with Gasteiger partial charge in [0.05, 0.1) is 23.5 Å². The summed E-state index contributed by atoms with van der Waals surface area (Å²) in [5.41, 5.74) is 2.01. The quantitative estimate of drug-likeness (QED) is 0.702. The summed E-state index contributed by atoms with van der Waals surface area (Å²) in [4.78, 5) is 14.4. The van der Waals surface area contributed by atoms with Gasteiger partial charge < -0.3 is 10.2 Å². The van der Waals surface area contributed by atoms with Crippen LogP contribution in [0.1, 0.15) is 22.0 Å². The number of aromatic nitrogens is 2. The lowest BCUT2D eigenvalue weighted by atomic mass is 10.1. The van der Waals surface area contributed by atoms with Crippen molar-refractivity contribution in [1.29, 1.82) is 0 Å². The SMILES string of the molecule is CN(C)C(CNC(=O)c1cnn(-c2cccc(Cl)c2)c1)c1cccc(F)c1. The zero-order valence-electron chi connectivity index (χ0n) is 15.1. The predicted molar refractivity (Wildman–Crippen MR) is 104 cm³/mol. The van der Waals surface area contributed by atoms with Crippen molar-refractivity contribution in [3.05, 3.63) is 82.9 Å². The number of rotatable bonds is 6. The zero-order chi connectivity index (χ0) is 19.4. The lowest BCUT2D eigenvalue weighted by molar-refractivity contribution is 0.0942. The molecule has 1 N–H and O–H groups in total. The van der Waals surface area contributed by atoms with Crippen molar-refractivity contribution in [3.63, 3.8) is 0 Å². The van der Waals surface area contributed by atoms with Crippen LogP contribution in [0.5, 0.6) is 0 Å². The number of amides is 1. The van der Waals surface area contributed by atoms with Crippen molar-refractivity contribution >= 4 is 17.5 Å². The standard InChI is InChI=1S/C20H20ClFN4O/c1-25(2)19(14-5-3-7-17(22)9-14)12-23-20(27)15-11-24-26(13-15)18-8-4-6-16(21)10-18/h3-11,13,19H,12H2,1-2H3,(H,23,27). The fraction of sp³-hybridized carbons (Fsp3) is 0.200. The fourth-order valence-corrected chi connectivity index (χ4v) is 2.99. The highest BCUT2D eigenvalue weighted by atomic mass is 35.5. The molecule has 0 radical (unpaired) electrons. The van der Waals surface area contributed by atoms with Crippen LogP contribution in [0.3, 0.4) is 0 Å². The number of hydrogen-bond acceptors (Lipinski definition) is 3. The molecule has 27 heavy (non-hydrogen) atoms. The molecule has 2 aromatic carbocycles. The van der Waals surface area contributed by atoms with Gasteiger partial charge in [0.25, 0.3) is 5.91 Å². The number of likely N-dealkylation sites (N-methyl/N-ethyl adjacent to an activating group) is 1. The predicted octanol–water partition coefficient (Wildman–Crippen LogP) is 3.70. The van der Waals surface area contributed by atoms with Crippen LogP contribution in [0.4, 0.5) is 4.39 Å². The minimum atomic E-state index is -0.298. The summed E-state index contributed by atoms with van der Waals surface area (Å²) in [6, 6.07) is 13.5. The van der Waals surface area contributed by atoms with Gasteiger partial charge in [-0.25, -0.2) is 9.07 Å². The van der Waals surface area contributed by atoms with E-state index in [0.717, 1.165) is 11.3 Å². The van der Waals surface area contributed by atoms with E-state index in [-0.39, 0.29) is 17.8 Å². The van der Waals surface area contributed by atoms with Gasteiger partial charge in [0, 0.05) is 17.8 Å². The molecule has 1 aromatic heterocycles. The third-order valence-corrected chi connectivity index (χ3v) is 4.47. The molecule has 3 aromatic rings. The first-order chi connectivity index (χ1) is 12.9. The molecule has 3 rings (SSSR count). The molecule has 140 valence electrons. The van der Waals surface area contributed by atoms with Crippen LogP contribution in [0, 0.1) is 5.82 Å². The third kappa shape index (κ3) is 4.72. The molecule has 0 aliphatic rings. The molecule has 5 nitrogen and oxygen atoms in total. The molecular weight excluding hydrogens is 367 g/mol. The van der Waals surface area contributed by atoms with Gasteiger partial charge in [0.2, 0.25) is 0 Å². The highest BCUT2D eigenvalue weighted by molar-refractivity contribution is 6.30. The molecule has 0 saturated heterocycles. The van der Waals surface area contributed by atoms with Crippen molar-refractivity contribution in [1.82, 2.24) is 20.0 Å². The van der Waals surface area contributed by atoms with Crippen LogP contribution in [0.15, 0.2) is 60.9 Å². The molecule has 0 bridgehead atoms. The Labute approximate surface area is 162 Å². The normalized spacial score (nSPS) is 12.2. The Morgan fingerprint density at radius 1 is 1.26 bits per heavy atom. The van der Waals surface area contributed by atoms with Crippen molar-refractivity contribution < 1.29 is 9.18 Å². The van der Waals surface area contributed by atoms with E-state index in [1.54, 1.807) is 29.1 Å². The van der Waals surface area contributed by atoms with Crippen LogP contribution in [0.2, 0.25) is 5.02 Å². The second kappa shape index (κ2) is 8.33. The summed E-state index contributed by atoms with van der Waals surface area (Å²) in [6.45, 7) is 0.345. The highest BCUT2D eigenvalue weighted by Gasteiger charge is 2.17. The number of hydrogen-bond donors (Lipinski definition) is 1. The van der Waals surface area contributed by atoms with E-state index in [2.05, 4.69) is 10.4 Å². The van der Waals surface area contributed by atoms with Crippen molar-refractivity contribution in [2.75, 3.05) is 20.6 Å². The first-order valence-electron chi connectivity index (χ1n) is 8.45. The Balaban J connectivity index is 1.70. The molecule has 1 unspecified atom stereocenters. The number of nitrogens with one attached hydrogen (secondary N) is 1. The monoisotopic (exact) mass is 386 g/mol. The van der Waals surface area contributed by atoms with Crippen molar-refractivity contribution in [3.8, 4) is 5.69 Å². The van der Waals surface area contributed by atoms with E-state index in [9.17, 15) is 9.18 Å². The molecule has 1 amide bonds. The maximum atomic E-state index is 13.5. The molecule has 1 heterocycles. The summed E-state index contributed by atoms with van der Waals surface area (Å²) in [7, 11) is 3.78. The molecule has 0 saturated carbocycles. The van der Waals surface area contributed by atoms with Gasteiger partial charge in [0.15, 0.2) is 0 Å². The minimum absolute atomic E-state index is 0.146. The third-order valence-electron chi connectivity index (χ3n) is 4.23. The molecule has 0 aliphatic carbocycles. The van der Waals surface area contributed by atoms with E-state index in [1.165, 1.54) is 18.3 Å². The largest absolute Gasteiger partial charge is 0.350 e. The Bertz CT molecular complexity index is 941. The average molecular weight is 387 g/mol. The Morgan fingerprint density at radius 3 is 2.74 bits per heavy atom. The van der Waals surface area contributed by atoms with Crippen molar-refractivity contribution in [2.45, 2.75) is 6.04 Å². The van der Waals surface area contributed by atoms with E-state index >= 15 is 0 Å². The van der Waals surface area contributed by atoms with E-state index < -0.39 is 0 Å². The van der Waals surface area contributed by atoms with Crippen LogP contribution in [-0.4, -0.2) is 41.2 Å². The maximum Gasteiger partial charge on any atom is 0.254 e. The van der Waals surface area contributed by atoms with Gasteiger partial charge in [-0.2, -0.15) is 5.10 Å². The number of benzene rings is 2. The van der Waals surface area contributed by atoms with Gasteiger partial charge in [-0.05, 0) is 50.0 Å². The Morgan fingerprint density at radius 2 is 2.04 bits per heavy atom. The van der Waals surface area contributed by atoms with Gasteiger partial charge in [-0.15, -0.1) is 0 Å². The Hall–Kier alpha value is -2.70. The van der Waals surface area contributed by atoms with Crippen LogP contribution in [-0.2, 0) is 0 Å². The number of nitrogens with zero attached hydrogens (tertiary/aromatic N) is 3. The van der Waals surface area contributed by atoms with Crippen LogP contribution in [0.25, 0.3) is 5.69 Å². The van der Waals surface area contributed by atoms with E-state index in [4.69, 9.17) is 11.6 Å².